The number of aromatic amines is 2. The molecule has 7 rings (SSSR count). The van der Waals surface area contributed by atoms with Gasteiger partial charge in [-0.05, 0) is 98.5 Å². The number of nitrogens with zero attached hydrogens (tertiary/aromatic N) is 4. The van der Waals surface area contributed by atoms with E-state index >= 15 is 0 Å². The molecule has 11 nitrogen and oxygen atoms in total. The molecule has 1 unspecified atom stereocenters. The maximum Gasteiger partial charge on any atom is 0.410 e. The number of hydrogen-bond donors (Lipinski definition) is 3. The van der Waals surface area contributed by atoms with E-state index in [1.165, 1.54) is 6.92 Å². The first-order valence-corrected chi connectivity index (χ1v) is 18.0. The number of fused-ring (bicyclic) bond motifs is 2. The van der Waals surface area contributed by atoms with Crippen LogP contribution in [-0.2, 0) is 14.3 Å². The lowest BCUT2D eigenvalue weighted by molar-refractivity contribution is -0.138. The Morgan fingerprint density at radius 3 is 2.16 bits per heavy atom. The van der Waals surface area contributed by atoms with Crippen molar-refractivity contribution in [2.75, 3.05) is 13.1 Å². The third kappa shape index (κ3) is 7.07. The van der Waals surface area contributed by atoms with Gasteiger partial charge in [-0.25, -0.2) is 14.8 Å². The summed E-state index contributed by atoms with van der Waals surface area (Å²) in [7, 11) is 0. The van der Waals surface area contributed by atoms with E-state index in [1.54, 1.807) is 4.90 Å². The fraction of sp³-hybridized carbons (Fsp3) is 0.425. The highest BCUT2D eigenvalue weighted by Gasteiger charge is 2.37. The third-order valence-corrected chi connectivity index (χ3v) is 9.92. The molecule has 11 heteroatoms. The van der Waals surface area contributed by atoms with Crippen LogP contribution < -0.4 is 5.32 Å². The first-order chi connectivity index (χ1) is 24.3. The summed E-state index contributed by atoms with van der Waals surface area (Å²) in [5, 5.41) is 5.06. The van der Waals surface area contributed by atoms with Gasteiger partial charge in [0.25, 0.3) is 0 Å². The van der Waals surface area contributed by atoms with Crippen molar-refractivity contribution in [3.05, 3.63) is 72.4 Å². The minimum atomic E-state index is -0.560. The Bertz CT molecular complexity index is 2110. The van der Waals surface area contributed by atoms with Crippen molar-refractivity contribution in [1.82, 2.24) is 35.1 Å². The molecule has 2 aromatic heterocycles. The molecule has 51 heavy (non-hydrogen) atoms. The van der Waals surface area contributed by atoms with E-state index in [0.29, 0.717) is 13.1 Å². The lowest BCUT2D eigenvalue weighted by atomic mass is 9.99. The molecule has 5 aromatic rings. The second-order valence-electron chi connectivity index (χ2n) is 15.3. The Hall–Kier alpha value is -5.19. The molecule has 3 amide bonds. The lowest BCUT2D eigenvalue weighted by Crippen LogP contribution is -2.50. The molecule has 3 aromatic carbocycles. The van der Waals surface area contributed by atoms with Gasteiger partial charge in [-0.2, -0.15) is 0 Å². The minimum Gasteiger partial charge on any atom is -0.444 e. The zero-order valence-electron chi connectivity index (χ0n) is 30.2. The van der Waals surface area contributed by atoms with Crippen molar-refractivity contribution in [2.24, 2.45) is 5.92 Å². The Morgan fingerprint density at radius 2 is 1.47 bits per heavy atom. The quantitative estimate of drug-likeness (QED) is 0.161. The molecule has 2 fully saturated rings. The van der Waals surface area contributed by atoms with Gasteiger partial charge >= 0.3 is 6.09 Å². The van der Waals surface area contributed by atoms with Crippen LogP contribution in [0.3, 0.4) is 0 Å². The number of benzene rings is 3. The van der Waals surface area contributed by atoms with E-state index in [9.17, 15) is 14.4 Å². The van der Waals surface area contributed by atoms with E-state index in [4.69, 9.17) is 14.7 Å². The minimum absolute atomic E-state index is 0.0190. The summed E-state index contributed by atoms with van der Waals surface area (Å²) in [6.45, 7) is 12.3. The van der Waals surface area contributed by atoms with Crippen molar-refractivity contribution >= 4 is 39.7 Å². The SMILES string of the molecule is CC(=O)NC(C(=O)N1CCC[C@H]1c1ncc(-c2ccc3cc(-c4ccc5nc([C@@H]6CCCN6C(=O)OC(C)(C)C)[nH]c5c4)ccc3c2)[nH]1)C(C)C. The molecule has 2 aliphatic heterocycles. The monoisotopic (exact) mass is 689 g/mol. The number of rotatable bonds is 7. The molecule has 3 atom stereocenters. The van der Waals surface area contributed by atoms with Crippen LogP contribution in [0.1, 0.15) is 91.0 Å². The fourth-order valence-electron chi connectivity index (χ4n) is 7.43. The summed E-state index contributed by atoms with van der Waals surface area (Å²) in [5.74, 6) is 1.26. The standard InChI is InChI=1S/C40H47N7O4/c1-23(2)35(42-24(3)48)38(49)46-17-7-9-33(46)36-41-22-32(45-36)29-14-13-25-19-26(11-12-27(25)20-29)28-15-16-30-31(21-28)44-37(43-30)34-10-8-18-47(34)39(50)51-40(4,5)6/h11-16,19-23,33-35H,7-10,17-18H2,1-6H3,(H,41,45)(H,42,48)(H,43,44)/t33-,34-,35?/m0/s1. The van der Waals surface area contributed by atoms with Crippen molar-refractivity contribution in [1.29, 1.82) is 0 Å². The Labute approximate surface area is 298 Å². The van der Waals surface area contributed by atoms with Gasteiger partial charge in [0, 0.05) is 25.6 Å². The Kier molecular flexibility index (Phi) is 9.07. The number of H-pyrrole nitrogens is 2. The largest absolute Gasteiger partial charge is 0.444 e. The maximum absolute atomic E-state index is 13.5. The zero-order chi connectivity index (χ0) is 36.0. The van der Waals surface area contributed by atoms with E-state index in [2.05, 4.69) is 63.8 Å². The summed E-state index contributed by atoms with van der Waals surface area (Å²) in [6.07, 6.45) is 5.00. The number of carbonyl (C=O) groups excluding carboxylic acids is 3. The van der Waals surface area contributed by atoms with E-state index in [1.807, 2.05) is 51.8 Å². The van der Waals surface area contributed by atoms with Gasteiger partial charge in [0.2, 0.25) is 11.8 Å². The van der Waals surface area contributed by atoms with Crippen LogP contribution in [0.5, 0.6) is 0 Å². The zero-order valence-corrected chi connectivity index (χ0v) is 30.2. The van der Waals surface area contributed by atoms with Gasteiger partial charge in [-0.3, -0.25) is 14.5 Å². The van der Waals surface area contributed by atoms with Crippen molar-refractivity contribution in [3.8, 4) is 22.4 Å². The lowest BCUT2D eigenvalue weighted by Gasteiger charge is -2.30. The molecule has 0 radical (unpaired) electrons. The van der Waals surface area contributed by atoms with Crippen LogP contribution in [0.2, 0.25) is 0 Å². The fourth-order valence-corrected chi connectivity index (χ4v) is 7.43. The number of carbonyl (C=O) groups is 3. The first-order valence-electron chi connectivity index (χ1n) is 18.0. The second-order valence-corrected chi connectivity index (χ2v) is 15.3. The maximum atomic E-state index is 13.5. The molecular formula is C40H47N7O4. The number of imidazole rings is 2. The number of hydrogen-bond acceptors (Lipinski definition) is 6. The van der Waals surface area contributed by atoms with Gasteiger partial charge in [-0.1, -0.05) is 44.2 Å². The molecule has 0 aliphatic carbocycles. The normalized spacial score (nSPS) is 18.6. The topological polar surface area (TPSA) is 136 Å². The van der Waals surface area contributed by atoms with Gasteiger partial charge in [0.05, 0.1) is 35.0 Å². The van der Waals surface area contributed by atoms with Gasteiger partial charge < -0.3 is 24.9 Å². The number of aromatic nitrogens is 4. The predicted octanol–water partition coefficient (Wildman–Crippen LogP) is 7.67. The highest BCUT2D eigenvalue weighted by molar-refractivity contribution is 5.92. The summed E-state index contributed by atoms with van der Waals surface area (Å²) in [5.41, 5.74) is 5.33. The molecule has 266 valence electrons. The Balaban J connectivity index is 1.08. The highest BCUT2D eigenvalue weighted by atomic mass is 16.6. The molecular weight excluding hydrogens is 642 g/mol. The van der Waals surface area contributed by atoms with Crippen LogP contribution in [0.25, 0.3) is 44.2 Å². The molecule has 2 aliphatic rings. The summed E-state index contributed by atoms with van der Waals surface area (Å²) in [6, 6.07) is 18.2. The summed E-state index contributed by atoms with van der Waals surface area (Å²) < 4.78 is 5.67. The van der Waals surface area contributed by atoms with Crippen LogP contribution >= 0.6 is 0 Å². The highest BCUT2D eigenvalue weighted by Crippen LogP contribution is 2.36. The molecule has 0 bridgehead atoms. The van der Waals surface area contributed by atoms with Crippen molar-refractivity contribution < 1.29 is 19.1 Å². The second kappa shape index (κ2) is 13.5. The first kappa shape index (κ1) is 34.3. The van der Waals surface area contributed by atoms with Gasteiger partial charge in [0.15, 0.2) is 0 Å². The number of ether oxygens (including phenoxy) is 1. The molecule has 0 spiro atoms. The van der Waals surface area contributed by atoms with Crippen LogP contribution in [-0.4, -0.2) is 72.4 Å². The molecule has 0 saturated carbocycles. The number of likely N-dealkylation sites (tertiary alicyclic amines) is 2. The van der Waals surface area contributed by atoms with E-state index in [-0.39, 0.29) is 35.9 Å². The Morgan fingerprint density at radius 1 is 0.843 bits per heavy atom. The van der Waals surface area contributed by atoms with Crippen LogP contribution in [0.15, 0.2) is 60.8 Å². The van der Waals surface area contributed by atoms with Gasteiger partial charge in [-0.15, -0.1) is 0 Å². The van der Waals surface area contributed by atoms with Crippen molar-refractivity contribution in [2.45, 2.75) is 91.0 Å². The summed E-state index contributed by atoms with van der Waals surface area (Å²) >= 11 is 0. The van der Waals surface area contributed by atoms with Crippen molar-refractivity contribution in [3.63, 3.8) is 0 Å². The van der Waals surface area contributed by atoms with Crippen LogP contribution in [0.4, 0.5) is 4.79 Å². The van der Waals surface area contributed by atoms with Gasteiger partial charge in [0.1, 0.15) is 23.3 Å². The molecule has 4 heterocycles. The predicted molar refractivity (Wildman–Crippen MR) is 198 cm³/mol. The van der Waals surface area contributed by atoms with E-state index < -0.39 is 11.6 Å². The smallest absolute Gasteiger partial charge is 0.410 e. The number of amides is 3. The average Bonchev–Trinajstić information content (AvgIpc) is 3.90. The number of nitrogens with one attached hydrogen (secondary N) is 3. The summed E-state index contributed by atoms with van der Waals surface area (Å²) in [4.78, 5) is 58.4. The van der Waals surface area contributed by atoms with E-state index in [0.717, 1.165) is 81.5 Å². The molecule has 3 N–H and O–H groups in total. The third-order valence-electron chi connectivity index (χ3n) is 9.92. The average molecular weight is 690 g/mol. The molecule has 2 saturated heterocycles. The van der Waals surface area contributed by atoms with Crippen LogP contribution in [0, 0.1) is 5.92 Å².